The van der Waals surface area contributed by atoms with Gasteiger partial charge >= 0.3 is 0 Å². The van der Waals surface area contributed by atoms with Crippen molar-refractivity contribution in [1.29, 1.82) is 0 Å². The standard InChI is InChI=1S/C22H28F2N2O2/c1-21(12-20(25)28,16-5-6-16)11-19(27)15-4-7-17(14-2-3-14)18(10-15)26-9-8-22(23,24)13-26/h4,7,10,14,16H,2-3,5-6,8-9,11-13H2,1H3,(H2,25,28)/t21-/m1/s1. The molecule has 0 aromatic heterocycles. The van der Waals surface area contributed by atoms with Crippen molar-refractivity contribution >= 4 is 17.4 Å². The monoisotopic (exact) mass is 390 g/mol. The van der Waals surface area contributed by atoms with E-state index in [9.17, 15) is 18.4 Å². The molecule has 3 fully saturated rings. The molecule has 4 nitrogen and oxygen atoms in total. The number of amides is 1. The molecule has 4 rings (SSSR count). The summed E-state index contributed by atoms with van der Waals surface area (Å²) >= 11 is 0. The van der Waals surface area contributed by atoms with Crippen molar-refractivity contribution in [2.24, 2.45) is 17.1 Å². The van der Waals surface area contributed by atoms with Gasteiger partial charge in [-0.2, -0.15) is 0 Å². The second-order valence-electron chi connectivity index (χ2n) is 9.25. The third kappa shape index (κ3) is 4.06. The molecule has 0 spiro atoms. The van der Waals surface area contributed by atoms with Crippen LogP contribution < -0.4 is 10.6 Å². The highest BCUT2D eigenvalue weighted by Crippen LogP contribution is 2.50. The minimum atomic E-state index is -2.67. The van der Waals surface area contributed by atoms with E-state index in [4.69, 9.17) is 5.73 Å². The zero-order valence-corrected chi connectivity index (χ0v) is 16.3. The number of hydrogen-bond donors (Lipinski definition) is 1. The molecule has 2 saturated carbocycles. The smallest absolute Gasteiger partial charge is 0.266 e. The highest BCUT2D eigenvalue weighted by atomic mass is 19.3. The number of rotatable bonds is 8. The Balaban J connectivity index is 1.58. The molecule has 1 saturated heterocycles. The van der Waals surface area contributed by atoms with Crippen LogP contribution in [0.4, 0.5) is 14.5 Å². The van der Waals surface area contributed by atoms with E-state index >= 15 is 0 Å². The predicted octanol–water partition coefficient (Wildman–Crippen LogP) is 4.27. The van der Waals surface area contributed by atoms with E-state index in [2.05, 4.69) is 0 Å². The number of primary amides is 1. The minimum Gasteiger partial charge on any atom is -0.370 e. The number of alkyl halides is 2. The summed E-state index contributed by atoms with van der Waals surface area (Å²) in [5, 5.41) is 0. The zero-order chi connectivity index (χ0) is 20.1. The maximum absolute atomic E-state index is 13.8. The number of nitrogens with zero attached hydrogens (tertiary/aromatic N) is 1. The van der Waals surface area contributed by atoms with Crippen molar-refractivity contribution in [2.45, 2.75) is 63.7 Å². The number of carbonyl (C=O) groups is 2. The molecule has 1 aromatic carbocycles. The Hall–Kier alpha value is -1.98. The third-order valence-corrected chi connectivity index (χ3v) is 6.59. The Morgan fingerprint density at radius 1 is 1.21 bits per heavy atom. The zero-order valence-electron chi connectivity index (χ0n) is 16.3. The molecular formula is C22H28F2N2O2. The van der Waals surface area contributed by atoms with Crippen molar-refractivity contribution in [3.05, 3.63) is 29.3 Å². The summed E-state index contributed by atoms with van der Waals surface area (Å²) in [6, 6.07) is 5.57. The summed E-state index contributed by atoms with van der Waals surface area (Å²) < 4.78 is 27.6. The molecule has 1 aliphatic heterocycles. The highest BCUT2D eigenvalue weighted by Gasteiger charge is 2.44. The van der Waals surface area contributed by atoms with Crippen LogP contribution in [-0.4, -0.2) is 30.7 Å². The largest absolute Gasteiger partial charge is 0.370 e. The van der Waals surface area contributed by atoms with E-state index < -0.39 is 11.3 Å². The van der Waals surface area contributed by atoms with Crippen LogP contribution in [0, 0.1) is 11.3 Å². The van der Waals surface area contributed by atoms with E-state index in [1.807, 2.05) is 19.1 Å². The molecule has 2 aliphatic carbocycles. The van der Waals surface area contributed by atoms with Gasteiger partial charge in [-0.3, -0.25) is 9.59 Å². The van der Waals surface area contributed by atoms with Gasteiger partial charge in [0.05, 0.1) is 6.54 Å². The number of Topliss-reactive ketones (excluding diaryl/α,β-unsaturated/α-hetero) is 1. The number of hydrogen-bond acceptors (Lipinski definition) is 3. The fourth-order valence-electron chi connectivity index (χ4n) is 4.67. The first-order valence-electron chi connectivity index (χ1n) is 10.3. The van der Waals surface area contributed by atoms with E-state index in [0.717, 1.165) is 36.9 Å². The molecule has 0 radical (unpaired) electrons. The summed E-state index contributed by atoms with van der Waals surface area (Å²) in [6.07, 6.45) is 4.50. The quantitative estimate of drug-likeness (QED) is 0.674. The van der Waals surface area contributed by atoms with Crippen LogP contribution >= 0.6 is 0 Å². The molecule has 1 amide bonds. The Kier molecular flexibility index (Phi) is 4.71. The molecule has 0 bridgehead atoms. The molecule has 1 atom stereocenters. The predicted molar refractivity (Wildman–Crippen MR) is 104 cm³/mol. The van der Waals surface area contributed by atoms with Crippen LogP contribution in [0.5, 0.6) is 0 Å². The molecule has 0 unspecified atom stereocenters. The topological polar surface area (TPSA) is 63.4 Å². The Morgan fingerprint density at radius 2 is 1.93 bits per heavy atom. The molecular weight excluding hydrogens is 362 g/mol. The number of halogens is 2. The van der Waals surface area contributed by atoms with E-state index in [1.165, 1.54) is 0 Å². The van der Waals surface area contributed by atoms with Gasteiger partial charge < -0.3 is 10.6 Å². The van der Waals surface area contributed by atoms with Gasteiger partial charge in [-0.25, -0.2) is 8.78 Å². The van der Waals surface area contributed by atoms with Crippen LogP contribution in [0.15, 0.2) is 18.2 Å². The van der Waals surface area contributed by atoms with Gasteiger partial charge in [0, 0.05) is 37.1 Å². The average Bonchev–Trinajstić information content (AvgIpc) is 3.51. The van der Waals surface area contributed by atoms with Crippen molar-refractivity contribution in [2.75, 3.05) is 18.0 Å². The lowest BCUT2D eigenvalue weighted by molar-refractivity contribution is -0.120. The summed E-state index contributed by atoms with van der Waals surface area (Å²) in [7, 11) is 0. The minimum absolute atomic E-state index is 0.0368. The SMILES string of the molecule is C[C@](CC(N)=O)(CC(=O)c1ccc(C2CC2)c(N2CCC(F)(F)C2)c1)C1CC1. The number of anilines is 1. The van der Waals surface area contributed by atoms with Gasteiger partial charge in [-0.15, -0.1) is 0 Å². The lowest BCUT2D eigenvalue weighted by Crippen LogP contribution is -2.30. The van der Waals surface area contributed by atoms with Crippen LogP contribution in [0.25, 0.3) is 0 Å². The van der Waals surface area contributed by atoms with E-state index in [1.54, 1.807) is 11.0 Å². The number of ketones is 1. The first-order valence-corrected chi connectivity index (χ1v) is 10.3. The van der Waals surface area contributed by atoms with Gasteiger partial charge in [-0.05, 0) is 54.6 Å². The van der Waals surface area contributed by atoms with E-state index in [-0.39, 0.29) is 37.5 Å². The number of benzene rings is 1. The molecule has 1 aromatic rings. The summed E-state index contributed by atoms with van der Waals surface area (Å²) in [5.74, 6) is -2.32. The second kappa shape index (κ2) is 6.82. The van der Waals surface area contributed by atoms with Crippen LogP contribution in [0.2, 0.25) is 0 Å². The fraction of sp³-hybridized carbons (Fsp3) is 0.636. The Morgan fingerprint density at radius 3 is 2.46 bits per heavy atom. The van der Waals surface area contributed by atoms with Crippen LogP contribution in [-0.2, 0) is 4.79 Å². The summed E-state index contributed by atoms with van der Waals surface area (Å²) in [5.41, 5.74) is 7.42. The Bertz CT molecular complexity index is 802. The first-order chi connectivity index (χ1) is 13.2. The van der Waals surface area contributed by atoms with Crippen molar-refractivity contribution in [3.8, 4) is 0 Å². The highest BCUT2D eigenvalue weighted by molar-refractivity contribution is 5.98. The lowest BCUT2D eigenvalue weighted by Gasteiger charge is -2.28. The average molecular weight is 390 g/mol. The first kappa shape index (κ1) is 19.3. The van der Waals surface area contributed by atoms with Crippen LogP contribution in [0.1, 0.15) is 73.7 Å². The summed E-state index contributed by atoms with van der Waals surface area (Å²) in [4.78, 5) is 26.3. The van der Waals surface area contributed by atoms with Gasteiger partial charge in [0.2, 0.25) is 5.91 Å². The second-order valence-corrected chi connectivity index (χ2v) is 9.25. The molecule has 6 heteroatoms. The fourth-order valence-corrected chi connectivity index (χ4v) is 4.67. The van der Waals surface area contributed by atoms with Gasteiger partial charge in [0.15, 0.2) is 5.78 Å². The molecule has 2 N–H and O–H groups in total. The normalized spacial score (nSPS) is 23.5. The maximum atomic E-state index is 13.8. The Labute approximate surface area is 164 Å². The number of carbonyl (C=O) groups excluding carboxylic acids is 2. The molecule has 28 heavy (non-hydrogen) atoms. The summed E-state index contributed by atoms with van der Waals surface area (Å²) in [6.45, 7) is 1.99. The molecule has 3 aliphatic rings. The van der Waals surface area contributed by atoms with Gasteiger partial charge in [-0.1, -0.05) is 19.1 Å². The van der Waals surface area contributed by atoms with E-state index in [0.29, 0.717) is 23.9 Å². The van der Waals surface area contributed by atoms with Crippen molar-refractivity contribution in [1.82, 2.24) is 0 Å². The lowest BCUT2D eigenvalue weighted by atomic mass is 9.76. The van der Waals surface area contributed by atoms with Gasteiger partial charge in [0.1, 0.15) is 0 Å². The van der Waals surface area contributed by atoms with Crippen molar-refractivity contribution < 1.29 is 18.4 Å². The third-order valence-electron chi connectivity index (χ3n) is 6.59. The molecule has 1 heterocycles. The number of nitrogens with two attached hydrogens (primary N) is 1. The maximum Gasteiger partial charge on any atom is 0.266 e. The van der Waals surface area contributed by atoms with Crippen LogP contribution in [0.3, 0.4) is 0 Å². The van der Waals surface area contributed by atoms with Gasteiger partial charge in [0.25, 0.3) is 5.92 Å². The van der Waals surface area contributed by atoms with Crippen molar-refractivity contribution in [3.63, 3.8) is 0 Å². The molecule has 152 valence electrons.